The van der Waals surface area contributed by atoms with Gasteiger partial charge in [0.1, 0.15) is 24.2 Å². The molecule has 0 radical (unpaired) electrons. The van der Waals surface area contributed by atoms with Crippen LogP contribution in [0, 0.1) is 5.92 Å². The Labute approximate surface area is 319 Å². The van der Waals surface area contributed by atoms with Crippen LogP contribution in [0.25, 0.3) is 0 Å². The molecule has 0 heterocycles. The lowest BCUT2D eigenvalue weighted by molar-refractivity contribution is -0.136. The molecule has 310 valence electrons. The van der Waals surface area contributed by atoms with Gasteiger partial charge in [0.2, 0.25) is 41.4 Å². The van der Waals surface area contributed by atoms with Gasteiger partial charge in [-0.2, -0.15) is 0 Å². The second-order valence-electron chi connectivity index (χ2n) is 13.7. The molecule has 0 aromatic rings. The molecule has 0 aliphatic carbocycles. The van der Waals surface area contributed by atoms with E-state index in [1.165, 1.54) is 13.8 Å². The number of hydrogen-bond donors (Lipinski definition) is 11. The number of guanidine groups is 1. The molecule has 0 rings (SSSR count). The maximum absolute atomic E-state index is 13.8. The standard InChI is InChI=1S/C35H67N11O8/c1-7-10-13-23(19-41-25(16-17-27(36)49)31(51)44-24(30(37)50)15-12-18-40-35(38)39)43-32(52)26(14-11-8-2)45-33(53)28(20(4)9-3)46-34(54)29(21(5)47)42-22(6)48/h20-21,23-26,28-29,41,47H,7-19H2,1-6H3,(H2,36,49)(H2,37,50)(H,42,48)(H,43,52)(H,44,51)(H,45,53)(H,46,54)(H4,38,39,40)/t20-,21+,23-,24-,25-,26-,28?,29?/m0/s1. The van der Waals surface area contributed by atoms with Crippen LogP contribution in [0.5, 0.6) is 0 Å². The van der Waals surface area contributed by atoms with Gasteiger partial charge < -0.3 is 59.9 Å². The molecule has 7 amide bonds. The molecule has 0 saturated carbocycles. The Bertz CT molecular complexity index is 1250. The van der Waals surface area contributed by atoms with Gasteiger partial charge in [-0.25, -0.2) is 0 Å². The zero-order valence-corrected chi connectivity index (χ0v) is 32.9. The van der Waals surface area contributed by atoms with Crippen LogP contribution in [0.4, 0.5) is 0 Å². The van der Waals surface area contributed by atoms with E-state index in [0.717, 1.165) is 19.3 Å². The number of rotatable bonds is 29. The number of aliphatic hydroxyl groups is 1. The van der Waals surface area contributed by atoms with Gasteiger partial charge in [0.15, 0.2) is 5.96 Å². The van der Waals surface area contributed by atoms with Gasteiger partial charge in [0, 0.05) is 32.5 Å². The van der Waals surface area contributed by atoms with E-state index in [2.05, 4.69) is 36.9 Å². The van der Waals surface area contributed by atoms with E-state index in [4.69, 9.17) is 22.9 Å². The molecule has 0 spiro atoms. The minimum absolute atomic E-state index is 0.00481. The van der Waals surface area contributed by atoms with Crippen molar-refractivity contribution in [1.82, 2.24) is 31.9 Å². The van der Waals surface area contributed by atoms with Gasteiger partial charge >= 0.3 is 0 Å². The van der Waals surface area contributed by atoms with E-state index in [1.807, 2.05) is 20.8 Å². The lowest BCUT2D eigenvalue weighted by Gasteiger charge is -2.30. The zero-order valence-electron chi connectivity index (χ0n) is 32.9. The fourth-order valence-corrected chi connectivity index (χ4v) is 5.44. The lowest BCUT2D eigenvalue weighted by atomic mass is 9.96. The monoisotopic (exact) mass is 770 g/mol. The van der Waals surface area contributed by atoms with Crippen LogP contribution in [-0.4, -0.2) is 108 Å². The Hall–Kier alpha value is -4.52. The van der Waals surface area contributed by atoms with E-state index >= 15 is 0 Å². The average Bonchev–Trinajstić information content (AvgIpc) is 3.09. The predicted molar refractivity (Wildman–Crippen MR) is 205 cm³/mol. The van der Waals surface area contributed by atoms with Gasteiger partial charge in [-0.05, 0) is 44.9 Å². The highest BCUT2D eigenvalue weighted by Gasteiger charge is 2.34. The number of nitrogens with two attached hydrogens (primary N) is 4. The average molecular weight is 770 g/mol. The van der Waals surface area contributed by atoms with Crippen molar-refractivity contribution >= 4 is 47.3 Å². The van der Waals surface area contributed by atoms with Crippen LogP contribution in [0.3, 0.4) is 0 Å². The van der Waals surface area contributed by atoms with E-state index in [1.54, 1.807) is 6.92 Å². The largest absolute Gasteiger partial charge is 0.391 e. The van der Waals surface area contributed by atoms with E-state index in [9.17, 15) is 38.7 Å². The van der Waals surface area contributed by atoms with Crippen LogP contribution in [0.1, 0.15) is 112 Å². The third kappa shape index (κ3) is 20.6. The van der Waals surface area contributed by atoms with E-state index < -0.39 is 83.7 Å². The normalized spacial score (nSPS) is 15.5. The number of amides is 7. The third-order valence-corrected chi connectivity index (χ3v) is 8.86. The fourth-order valence-electron chi connectivity index (χ4n) is 5.44. The molecule has 0 fully saturated rings. The van der Waals surface area contributed by atoms with Crippen LogP contribution in [0.15, 0.2) is 4.99 Å². The number of nitrogens with zero attached hydrogens (tertiary/aromatic N) is 1. The molecule has 19 nitrogen and oxygen atoms in total. The van der Waals surface area contributed by atoms with E-state index in [0.29, 0.717) is 32.1 Å². The molecule has 0 bridgehead atoms. The highest BCUT2D eigenvalue weighted by Crippen LogP contribution is 2.12. The molecule has 19 heteroatoms. The summed E-state index contributed by atoms with van der Waals surface area (Å²) in [6.45, 7) is 10.4. The smallest absolute Gasteiger partial charge is 0.245 e. The Kier molecular flexibility index (Phi) is 24.9. The lowest BCUT2D eigenvalue weighted by Crippen LogP contribution is -2.60. The fraction of sp³-hybridized carbons (Fsp3) is 0.771. The summed E-state index contributed by atoms with van der Waals surface area (Å²) >= 11 is 0. The summed E-state index contributed by atoms with van der Waals surface area (Å²) in [5, 5.41) is 26.7. The van der Waals surface area contributed by atoms with Gasteiger partial charge in [-0.1, -0.05) is 59.8 Å². The van der Waals surface area contributed by atoms with Crippen LogP contribution >= 0.6 is 0 Å². The SMILES string of the molecule is CCCC[C@@H](CN[C@@H](CCC(N)=O)C(=O)N[C@@H](CCCN=C(N)N)C(N)=O)NC(=O)[C@H](CCCC)NC(=O)C(NC(=O)C(NC(C)=O)[C@@H](C)O)[C@@H](C)CC. The van der Waals surface area contributed by atoms with E-state index in [-0.39, 0.29) is 44.2 Å². The van der Waals surface area contributed by atoms with Crippen molar-refractivity contribution in [2.45, 2.75) is 155 Å². The van der Waals surface area contributed by atoms with Crippen molar-refractivity contribution in [1.29, 1.82) is 0 Å². The van der Waals surface area contributed by atoms with Gasteiger partial charge in [0.25, 0.3) is 0 Å². The molecule has 0 aromatic carbocycles. The molecule has 0 aromatic heterocycles. The molecule has 54 heavy (non-hydrogen) atoms. The number of carbonyl (C=O) groups excluding carboxylic acids is 7. The first kappa shape index (κ1) is 49.5. The maximum Gasteiger partial charge on any atom is 0.245 e. The molecular formula is C35H67N11O8. The summed E-state index contributed by atoms with van der Waals surface area (Å²) in [6.07, 6.45) is 3.32. The minimum Gasteiger partial charge on any atom is -0.391 e. The Morgan fingerprint density at radius 2 is 1.20 bits per heavy atom. The van der Waals surface area contributed by atoms with Crippen molar-refractivity contribution in [2.24, 2.45) is 33.8 Å². The van der Waals surface area contributed by atoms with Crippen molar-refractivity contribution in [3.05, 3.63) is 0 Å². The Morgan fingerprint density at radius 3 is 1.72 bits per heavy atom. The summed E-state index contributed by atoms with van der Waals surface area (Å²) in [5.74, 6) is -4.82. The predicted octanol–water partition coefficient (Wildman–Crippen LogP) is -2.00. The molecule has 0 saturated heterocycles. The van der Waals surface area contributed by atoms with Crippen molar-refractivity contribution in [3.8, 4) is 0 Å². The first-order valence-corrected chi connectivity index (χ1v) is 18.9. The minimum atomic E-state index is -1.29. The number of primary amides is 2. The summed E-state index contributed by atoms with van der Waals surface area (Å²) < 4.78 is 0. The highest BCUT2D eigenvalue weighted by atomic mass is 16.3. The number of hydrogen-bond acceptors (Lipinski definition) is 10. The number of aliphatic hydroxyl groups excluding tert-OH is 1. The van der Waals surface area contributed by atoms with Gasteiger partial charge in [-0.3, -0.25) is 38.6 Å². The summed E-state index contributed by atoms with van der Waals surface area (Å²) in [4.78, 5) is 93.2. The number of carbonyl (C=O) groups is 7. The summed E-state index contributed by atoms with van der Waals surface area (Å²) in [7, 11) is 0. The molecule has 0 aliphatic heterocycles. The quantitative estimate of drug-likeness (QED) is 0.0225. The molecule has 0 aliphatic rings. The number of unbranched alkanes of at least 4 members (excludes halogenated alkanes) is 2. The van der Waals surface area contributed by atoms with Gasteiger partial charge in [0.05, 0.1) is 12.1 Å². The van der Waals surface area contributed by atoms with Crippen LogP contribution in [0.2, 0.25) is 0 Å². The summed E-state index contributed by atoms with van der Waals surface area (Å²) in [5.41, 5.74) is 21.6. The van der Waals surface area contributed by atoms with Crippen LogP contribution < -0.4 is 54.8 Å². The van der Waals surface area contributed by atoms with Crippen molar-refractivity contribution in [2.75, 3.05) is 13.1 Å². The Balaban J connectivity index is 6.08. The first-order valence-electron chi connectivity index (χ1n) is 18.9. The third-order valence-electron chi connectivity index (χ3n) is 8.86. The number of aliphatic imine (C=N–C) groups is 1. The second-order valence-corrected chi connectivity index (χ2v) is 13.7. The topological polar surface area (TPSA) is 328 Å². The van der Waals surface area contributed by atoms with Gasteiger partial charge in [-0.15, -0.1) is 0 Å². The van der Waals surface area contributed by atoms with Crippen molar-refractivity contribution < 1.29 is 38.7 Å². The molecule has 15 N–H and O–H groups in total. The summed E-state index contributed by atoms with van der Waals surface area (Å²) in [6, 6.07) is -5.86. The molecular weight excluding hydrogens is 702 g/mol. The van der Waals surface area contributed by atoms with Crippen molar-refractivity contribution in [3.63, 3.8) is 0 Å². The number of nitrogens with one attached hydrogen (secondary N) is 6. The van der Waals surface area contributed by atoms with Crippen LogP contribution in [-0.2, 0) is 33.6 Å². The zero-order chi connectivity index (χ0) is 41.4. The first-order chi connectivity index (χ1) is 25.4. The molecule has 8 atom stereocenters. The highest BCUT2D eigenvalue weighted by molar-refractivity contribution is 5.94. The Morgan fingerprint density at radius 1 is 0.648 bits per heavy atom. The maximum atomic E-state index is 13.8. The second kappa shape index (κ2) is 27.1. The molecule has 2 unspecified atom stereocenters.